The minimum Gasteiger partial charge on any atom is -0.396 e. The average molecular weight is 218 g/mol. The van der Waals surface area contributed by atoms with Crippen LogP contribution in [0.25, 0.3) is 0 Å². The summed E-state index contributed by atoms with van der Waals surface area (Å²) in [6.07, 6.45) is 6.35. The van der Waals surface area contributed by atoms with Crippen LogP contribution in [0.5, 0.6) is 0 Å². The van der Waals surface area contributed by atoms with Crippen LogP contribution in [-0.2, 0) is 12.8 Å². The zero-order valence-electron chi connectivity index (χ0n) is 10.4. The van der Waals surface area contributed by atoms with E-state index in [1.165, 1.54) is 16.7 Å². The van der Waals surface area contributed by atoms with E-state index in [4.69, 9.17) is 5.11 Å². The molecule has 0 aliphatic carbocycles. The standard InChI is InChI=1S/C15H22O/c1-13(2)5-3-6-14-8-10-15(11-9-14)7-4-12-16/h5,8-11,16H,3-4,6-7,12H2,1-2H3. The molecule has 1 heteroatoms. The van der Waals surface area contributed by atoms with Crippen molar-refractivity contribution >= 4 is 0 Å². The van der Waals surface area contributed by atoms with Crippen molar-refractivity contribution in [1.82, 2.24) is 0 Å². The summed E-state index contributed by atoms with van der Waals surface area (Å²) in [5.74, 6) is 0. The number of benzene rings is 1. The lowest BCUT2D eigenvalue weighted by atomic mass is 10.0. The fraction of sp³-hybridized carbons (Fsp3) is 0.467. The summed E-state index contributed by atoms with van der Waals surface area (Å²) in [6, 6.07) is 8.75. The van der Waals surface area contributed by atoms with Crippen LogP contribution in [0.3, 0.4) is 0 Å². The molecule has 88 valence electrons. The second-order valence-corrected chi connectivity index (χ2v) is 4.46. The summed E-state index contributed by atoms with van der Waals surface area (Å²) in [4.78, 5) is 0. The third-order valence-electron chi connectivity index (χ3n) is 2.63. The molecule has 1 N–H and O–H groups in total. The van der Waals surface area contributed by atoms with E-state index in [0.717, 1.165) is 25.7 Å². The van der Waals surface area contributed by atoms with Gasteiger partial charge in [-0.3, -0.25) is 0 Å². The van der Waals surface area contributed by atoms with Gasteiger partial charge in [0.2, 0.25) is 0 Å². The van der Waals surface area contributed by atoms with Gasteiger partial charge in [0.05, 0.1) is 0 Å². The van der Waals surface area contributed by atoms with Crippen LogP contribution in [0.1, 0.15) is 37.8 Å². The second kappa shape index (κ2) is 7.24. The molecule has 0 aromatic heterocycles. The van der Waals surface area contributed by atoms with Gasteiger partial charge in [0.1, 0.15) is 0 Å². The molecule has 1 rings (SSSR count). The molecule has 1 aromatic carbocycles. The number of aliphatic hydroxyl groups is 1. The highest BCUT2D eigenvalue weighted by Crippen LogP contribution is 2.09. The molecule has 0 radical (unpaired) electrons. The van der Waals surface area contributed by atoms with Crippen LogP contribution in [0.4, 0.5) is 0 Å². The summed E-state index contributed by atoms with van der Waals surface area (Å²) in [5.41, 5.74) is 4.10. The Bertz CT molecular complexity index is 318. The van der Waals surface area contributed by atoms with Gasteiger partial charge in [-0.15, -0.1) is 0 Å². The van der Waals surface area contributed by atoms with Gasteiger partial charge in [0.25, 0.3) is 0 Å². The van der Waals surface area contributed by atoms with Crippen molar-refractivity contribution in [2.75, 3.05) is 6.61 Å². The number of hydrogen-bond donors (Lipinski definition) is 1. The van der Waals surface area contributed by atoms with E-state index in [-0.39, 0.29) is 6.61 Å². The van der Waals surface area contributed by atoms with E-state index in [9.17, 15) is 0 Å². The van der Waals surface area contributed by atoms with Gasteiger partial charge in [0.15, 0.2) is 0 Å². The average Bonchev–Trinajstić information content (AvgIpc) is 2.27. The van der Waals surface area contributed by atoms with E-state index in [2.05, 4.69) is 44.2 Å². The number of allylic oxidation sites excluding steroid dienone is 2. The largest absolute Gasteiger partial charge is 0.396 e. The van der Waals surface area contributed by atoms with E-state index in [1.807, 2.05) is 0 Å². The third kappa shape index (κ3) is 5.13. The first kappa shape index (κ1) is 13.0. The molecule has 0 heterocycles. The minimum absolute atomic E-state index is 0.280. The number of aryl methyl sites for hydroxylation is 2. The summed E-state index contributed by atoms with van der Waals surface area (Å²) < 4.78 is 0. The SMILES string of the molecule is CC(C)=CCCc1ccc(CCCO)cc1. The van der Waals surface area contributed by atoms with Gasteiger partial charge in [-0.1, -0.05) is 35.9 Å². The Morgan fingerprint density at radius 3 is 2.12 bits per heavy atom. The molecule has 0 aliphatic heterocycles. The molecule has 0 saturated carbocycles. The normalized spacial score (nSPS) is 10.2. The zero-order chi connectivity index (χ0) is 11.8. The monoisotopic (exact) mass is 218 g/mol. The molecule has 0 unspecified atom stereocenters. The van der Waals surface area contributed by atoms with Gasteiger partial charge in [0, 0.05) is 6.61 Å². The molecular weight excluding hydrogens is 196 g/mol. The van der Waals surface area contributed by atoms with E-state index >= 15 is 0 Å². The van der Waals surface area contributed by atoms with Crippen LogP contribution in [0.2, 0.25) is 0 Å². The highest BCUT2D eigenvalue weighted by molar-refractivity contribution is 5.23. The van der Waals surface area contributed by atoms with Crippen molar-refractivity contribution in [3.8, 4) is 0 Å². The van der Waals surface area contributed by atoms with Gasteiger partial charge in [-0.25, -0.2) is 0 Å². The zero-order valence-corrected chi connectivity index (χ0v) is 10.4. The number of aliphatic hydroxyl groups excluding tert-OH is 1. The van der Waals surface area contributed by atoms with Gasteiger partial charge >= 0.3 is 0 Å². The molecule has 0 saturated heterocycles. The molecule has 0 atom stereocenters. The van der Waals surface area contributed by atoms with Crippen LogP contribution >= 0.6 is 0 Å². The maximum absolute atomic E-state index is 8.74. The summed E-state index contributed by atoms with van der Waals surface area (Å²) in [7, 11) is 0. The van der Waals surface area contributed by atoms with E-state index < -0.39 is 0 Å². The van der Waals surface area contributed by atoms with Crippen molar-refractivity contribution in [1.29, 1.82) is 0 Å². The van der Waals surface area contributed by atoms with Crippen molar-refractivity contribution in [2.24, 2.45) is 0 Å². The first-order valence-corrected chi connectivity index (χ1v) is 6.04. The van der Waals surface area contributed by atoms with Gasteiger partial charge in [-0.05, 0) is 50.7 Å². The number of hydrogen-bond acceptors (Lipinski definition) is 1. The smallest absolute Gasteiger partial charge is 0.0434 e. The molecule has 0 aliphatic rings. The molecule has 1 nitrogen and oxygen atoms in total. The lowest BCUT2D eigenvalue weighted by Crippen LogP contribution is -1.90. The predicted molar refractivity (Wildman–Crippen MR) is 69.6 cm³/mol. The van der Waals surface area contributed by atoms with Crippen LogP contribution in [0.15, 0.2) is 35.9 Å². The third-order valence-corrected chi connectivity index (χ3v) is 2.63. The maximum atomic E-state index is 8.74. The summed E-state index contributed by atoms with van der Waals surface area (Å²) in [6.45, 7) is 4.55. The molecule has 0 spiro atoms. The van der Waals surface area contributed by atoms with Crippen molar-refractivity contribution in [2.45, 2.75) is 39.5 Å². The lowest BCUT2D eigenvalue weighted by Gasteiger charge is -2.02. The Kier molecular flexibility index (Phi) is 5.87. The summed E-state index contributed by atoms with van der Waals surface area (Å²) in [5, 5.41) is 8.74. The van der Waals surface area contributed by atoms with Crippen LogP contribution in [-0.4, -0.2) is 11.7 Å². The summed E-state index contributed by atoms with van der Waals surface area (Å²) >= 11 is 0. The first-order valence-electron chi connectivity index (χ1n) is 6.04. The maximum Gasteiger partial charge on any atom is 0.0434 e. The first-order chi connectivity index (χ1) is 7.72. The molecule has 1 aromatic rings. The Labute approximate surface area is 98.8 Å². The fourth-order valence-corrected chi connectivity index (χ4v) is 1.68. The van der Waals surface area contributed by atoms with Crippen molar-refractivity contribution in [3.05, 3.63) is 47.0 Å². The second-order valence-electron chi connectivity index (χ2n) is 4.46. The molecule has 0 bridgehead atoms. The van der Waals surface area contributed by atoms with Gasteiger partial charge in [-0.2, -0.15) is 0 Å². The lowest BCUT2D eigenvalue weighted by molar-refractivity contribution is 0.288. The fourth-order valence-electron chi connectivity index (χ4n) is 1.68. The van der Waals surface area contributed by atoms with Crippen molar-refractivity contribution < 1.29 is 5.11 Å². The Morgan fingerprint density at radius 2 is 1.62 bits per heavy atom. The topological polar surface area (TPSA) is 20.2 Å². The Hall–Kier alpha value is -1.08. The Balaban J connectivity index is 2.42. The molecule has 16 heavy (non-hydrogen) atoms. The highest BCUT2D eigenvalue weighted by Gasteiger charge is 1.94. The molecular formula is C15H22O. The number of rotatable bonds is 6. The van der Waals surface area contributed by atoms with Crippen LogP contribution < -0.4 is 0 Å². The highest BCUT2D eigenvalue weighted by atomic mass is 16.2. The predicted octanol–water partition coefficient (Wildman–Crippen LogP) is 3.51. The minimum atomic E-state index is 0.280. The van der Waals surface area contributed by atoms with Crippen molar-refractivity contribution in [3.63, 3.8) is 0 Å². The Morgan fingerprint density at radius 1 is 1.06 bits per heavy atom. The van der Waals surface area contributed by atoms with Crippen LogP contribution in [0, 0.1) is 0 Å². The quantitative estimate of drug-likeness (QED) is 0.724. The molecule has 0 fully saturated rings. The molecule has 0 amide bonds. The van der Waals surface area contributed by atoms with Gasteiger partial charge < -0.3 is 5.11 Å². The van der Waals surface area contributed by atoms with E-state index in [0.29, 0.717) is 0 Å². The van der Waals surface area contributed by atoms with E-state index in [1.54, 1.807) is 0 Å².